The van der Waals surface area contributed by atoms with Gasteiger partial charge in [-0.15, -0.1) is 0 Å². The highest BCUT2D eigenvalue weighted by Gasteiger charge is 2.29. The normalized spacial score (nSPS) is 16.5. The van der Waals surface area contributed by atoms with Crippen molar-refractivity contribution in [2.45, 2.75) is 39.3 Å². The number of carboxylic acid groups (broad SMARTS) is 1. The van der Waals surface area contributed by atoms with Gasteiger partial charge in [0.2, 0.25) is 0 Å². The van der Waals surface area contributed by atoms with Crippen LogP contribution < -0.4 is 9.64 Å². The van der Waals surface area contributed by atoms with Crippen LogP contribution in [0, 0.1) is 5.82 Å². The lowest BCUT2D eigenvalue weighted by molar-refractivity contribution is 0.0696. The fourth-order valence-electron chi connectivity index (χ4n) is 4.60. The van der Waals surface area contributed by atoms with Crippen LogP contribution in [0.2, 0.25) is 0 Å². The van der Waals surface area contributed by atoms with Gasteiger partial charge in [0.25, 0.3) is 0 Å². The number of carboxylic acids is 1. The highest BCUT2D eigenvalue weighted by Crippen LogP contribution is 2.34. The van der Waals surface area contributed by atoms with Crippen LogP contribution in [-0.4, -0.2) is 53.7 Å². The second-order valence-electron chi connectivity index (χ2n) is 9.37. The number of hydrogen-bond acceptors (Lipinski definition) is 5. The Morgan fingerprint density at radius 2 is 1.83 bits per heavy atom. The quantitative estimate of drug-likeness (QED) is 0.490. The predicted molar refractivity (Wildman–Crippen MR) is 136 cm³/mol. The maximum absolute atomic E-state index is 13.5. The summed E-state index contributed by atoms with van der Waals surface area (Å²) in [5.74, 6) is 0.0706. The molecule has 6 nitrogen and oxygen atoms in total. The molecule has 7 heteroatoms. The van der Waals surface area contributed by atoms with E-state index in [2.05, 4.69) is 28.9 Å². The number of halogens is 1. The molecule has 0 amide bonds. The van der Waals surface area contributed by atoms with E-state index in [9.17, 15) is 14.3 Å². The van der Waals surface area contributed by atoms with Crippen LogP contribution >= 0.6 is 0 Å². The fraction of sp³-hybridized carbons (Fsp3) is 0.357. The number of aromatic carboxylic acids is 1. The van der Waals surface area contributed by atoms with Gasteiger partial charge in [0.05, 0.1) is 12.8 Å². The van der Waals surface area contributed by atoms with Crippen molar-refractivity contribution in [2.24, 2.45) is 0 Å². The third kappa shape index (κ3) is 5.46. The molecular formula is C28H32FN3O3. The molecule has 35 heavy (non-hydrogen) atoms. The van der Waals surface area contributed by atoms with E-state index in [4.69, 9.17) is 9.72 Å². The number of anilines is 1. The topological polar surface area (TPSA) is 65.9 Å². The van der Waals surface area contributed by atoms with Crippen molar-refractivity contribution in [3.63, 3.8) is 0 Å². The average Bonchev–Trinajstić information content (AvgIpc) is 2.85. The van der Waals surface area contributed by atoms with Crippen LogP contribution in [0.1, 0.15) is 48.3 Å². The largest absolute Gasteiger partial charge is 0.497 e. The molecule has 1 N–H and O–H groups in total. The molecule has 0 bridgehead atoms. The van der Waals surface area contributed by atoms with Crippen molar-refractivity contribution in [3.8, 4) is 16.9 Å². The first-order chi connectivity index (χ1) is 16.8. The van der Waals surface area contributed by atoms with E-state index in [1.807, 2.05) is 26.0 Å². The van der Waals surface area contributed by atoms with Crippen molar-refractivity contribution in [1.82, 2.24) is 9.88 Å². The molecule has 3 aromatic rings. The van der Waals surface area contributed by atoms with Gasteiger partial charge in [0.1, 0.15) is 22.9 Å². The number of carbonyl (C=O) groups is 1. The van der Waals surface area contributed by atoms with Crippen LogP contribution in [0.3, 0.4) is 0 Å². The van der Waals surface area contributed by atoms with Gasteiger partial charge >= 0.3 is 5.97 Å². The van der Waals surface area contributed by atoms with E-state index in [0.717, 1.165) is 35.7 Å². The second-order valence-corrected chi connectivity index (χ2v) is 9.37. The maximum atomic E-state index is 13.5. The van der Waals surface area contributed by atoms with E-state index in [-0.39, 0.29) is 23.3 Å². The molecule has 1 aliphatic rings. The van der Waals surface area contributed by atoms with Crippen LogP contribution in [0.25, 0.3) is 11.1 Å². The Morgan fingerprint density at radius 1 is 1.14 bits per heavy atom. The van der Waals surface area contributed by atoms with E-state index in [1.165, 1.54) is 17.7 Å². The van der Waals surface area contributed by atoms with Gasteiger partial charge in [-0.25, -0.2) is 14.2 Å². The first kappa shape index (κ1) is 24.7. The van der Waals surface area contributed by atoms with Gasteiger partial charge < -0.3 is 14.7 Å². The molecule has 1 fully saturated rings. The molecule has 0 radical (unpaired) electrons. The highest BCUT2D eigenvalue weighted by atomic mass is 19.1. The summed E-state index contributed by atoms with van der Waals surface area (Å²) in [5.41, 5.74) is 3.68. The number of benzene rings is 2. The second kappa shape index (κ2) is 10.4. The summed E-state index contributed by atoms with van der Waals surface area (Å²) in [6.45, 7) is 9.21. The number of nitrogens with zero attached hydrogens (tertiary/aromatic N) is 3. The van der Waals surface area contributed by atoms with Crippen molar-refractivity contribution in [3.05, 3.63) is 77.2 Å². The van der Waals surface area contributed by atoms with Crippen LogP contribution in [0.4, 0.5) is 10.2 Å². The summed E-state index contributed by atoms with van der Waals surface area (Å²) >= 11 is 0. The summed E-state index contributed by atoms with van der Waals surface area (Å²) in [5, 5.41) is 10.0. The molecule has 1 saturated heterocycles. The van der Waals surface area contributed by atoms with Gasteiger partial charge in [-0.2, -0.15) is 0 Å². The fourth-order valence-corrected chi connectivity index (χ4v) is 4.60. The lowest BCUT2D eigenvalue weighted by Crippen LogP contribution is -2.52. The molecule has 0 saturated carbocycles. The molecule has 0 aliphatic carbocycles. The molecule has 1 aromatic heterocycles. The van der Waals surface area contributed by atoms with Crippen molar-refractivity contribution >= 4 is 11.8 Å². The Kier molecular flexibility index (Phi) is 7.36. The molecule has 1 atom stereocenters. The van der Waals surface area contributed by atoms with Gasteiger partial charge in [0, 0.05) is 37.8 Å². The molecular weight excluding hydrogens is 445 g/mol. The van der Waals surface area contributed by atoms with E-state index < -0.39 is 5.97 Å². The zero-order valence-corrected chi connectivity index (χ0v) is 20.7. The third-order valence-corrected chi connectivity index (χ3v) is 6.57. The van der Waals surface area contributed by atoms with Gasteiger partial charge in [-0.1, -0.05) is 38.1 Å². The molecule has 184 valence electrons. The van der Waals surface area contributed by atoms with Gasteiger partial charge in [-0.05, 0) is 54.3 Å². The van der Waals surface area contributed by atoms with E-state index in [1.54, 1.807) is 25.3 Å². The van der Waals surface area contributed by atoms with E-state index >= 15 is 0 Å². The standard InChI is InChI=1S/C28H32FN3O3/c1-18(2)26-24(21-7-9-22(29)10-8-21)15-25(28(33)34)27(30-26)32-14-13-31(19(3)16-32)17-20-5-11-23(35-4)12-6-20/h5-12,15,18-19H,13-14,16-17H2,1-4H3,(H,33,34). The first-order valence-corrected chi connectivity index (χ1v) is 11.9. The molecule has 0 spiro atoms. The smallest absolute Gasteiger partial charge is 0.339 e. The summed E-state index contributed by atoms with van der Waals surface area (Å²) in [7, 11) is 1.66. The Hall–Kier alpha value is -3.45. The summed E-state index contributed by atoms with van der Waals surface area (Å²) in [6.07, 6.45) is 0. The number of rotatable bonds is 7. The van der Waals surface area contributed by atoms with Crippen LogP contribution in [-0.2, 0) is 6.54 Å². The zero-order valence-electron chi connectivity index (χ0n) is 20.7. The SMILES string of the molecule is COc1ccc(CN2CCN(c3nc(C(C)C)c(-c4ccc(F)cc4)cc3C(=O)O)CC2C)cc1. The van der Waals surface area contributed by atoms with Crippen molar-refractivity contribution in [2.75, 3.05) is 31.6 Å². The summed E-state index contributed by atoms with van der Waals surface area (Å²) < 4.78 is 18.7. The highest BCUT2D eigenvalue weighted by molar-refractivity contribution is 5.95. The van der Waals surface area contributed by atoms with Crippen LogP contribution in [0.5, 0.6) is 5.75 Å². The Bertz CT molecular complexity index is 1180. The minimum Gasteiger partial charge on any atom is -0.497 e. The Labute approximate surface area is 206 Å². The van der Waals surface area contributed by atoms with E-state index in [0.29, 0.717) is 18.9 Å². The monoisotopic (exact) mass is 477 g/mol. The number of pyridine rings is 1. The number of ether oxygens (including phenoxy) is 1. The number of piperazine rings is 1. The maximum Gasteiger partial charge on any atom is 0.339 e. The summed E-state index contributed by atoms with van der Waals surface area (Å²) in [4.78, 5) is 21.7. The lowest BCUT2D eigenvalue weighted by Gasteiger charge is -2.41. The third-order valence-electron chi connectivity index (χ3n) is 6.57. The van der Waals surface area contributed by atoms with Gasteiger partial charge in [0.15, 0.2) is 0 Å². The average molecular weight is 478 g/mol. The van der Waals surface area contributed by atoms with Crippen molar-refractivity contribution < 1.29 is 19.0 Å². The Morgan fingerprint density at radius 3 is 2.40 bits per heavy atom. The number of aromatic nitrogens is 1. The van der Waals surface area contributed by atoms with Crippen molar-refractivity contribution in [1.29, 1.82) is 0 Å². The number of hydrogen-bond donors (Lipinski definition) is 1. The minimum absolute atomic E-state index is 0.0745. The molecule has 1 aliphatic heterocycles. The first-order valence-electron chi connectivity index (χ1n) is 11.9. The molecule has 1 unspecified atom stereocenters. The predicted octanol–water partition coefficient (Wildman–Crippen LogP) is 5.43. The summed E-state index contributed by atoms with van der Waals surface area (Å²) in [6, 6.07) is 16.1. The molecule has 4 rings (SSSR count). The zero-order chi connectivity index (χ0) is 25.1. The Balaban J connectivity index is 1.61. The van der Waals surface area contributed by atoms with Gasteiger partial charge in [-0.3, -0.25) is 4.90 Å². The van der Waals surface area contributed by atoms with Crippen LogP contribution in [0.15, 0.2) is 54.6 Å². The number of methoxy groups -OCH3 is 1. The molecule has 2 heterocycles. The molecule has 2 aromatic carbocycles. The lowest BCUT2D eigenvalue weighted by atomic mass is 9.95. The minimum atomic E-state index is -1.01.